The maximum Gasteiger partial charge on any atom is 0.343 e. The molecule has 0 radical (unpaired) electrons. The molecule has 0 aliphatic carbocycles. The van der Waals surface area contributed by atoms with Crippen molar-refractivity contribution < 1.29 is 23.8 Å². The SMILES string of the molecule is COC(=O)COc1ccc(C(=O)N2CCOCC2)cc1. The third-order valence-electron chi connectivity index (χ3n) is 2.98. The van der Waals surface area contributed by atoms with E-state index in [1.54, 1.807) is 29.2 Å². The fourth-order valence-corrected chi connectivity index (χ4v) is 1.84. The van der Waals surface area contributed by atoms with Crippen LogP contribution in [0.3, 0.4) is 0 Å². The van der Waals surface area contributed by atoms with E-state index in [4.69, 9.17) is 9.47 Å². The molecule has 0 bridgehead atoms. The first kappa shape index (κ1) is 14.3. The summed E-state index contributed by atoms with van der Waals surface area (Å²) in [4.78, 5) is 24.9. The van der Waals surface area contributed by atoms with E-state index >= 15 is 0 Å². The summed E-state index contributed by atoms with van der Waals surface area (Å²) in [5.74, 6) is 0.0558. The number of rotatable bonds is 4. The molecule has 1 fully saturated rings. The van der Waals surface area contributed by atoms with E-state index < -0.39 is 5.97 Å². The fraction of sp³-hybridized carbons (Fsp3) is 0.429. The predicted octanol–water partition coefficient (Wildman–Crippen LogP) is 0.711. The Morgan fingerprint density at radius 3 is 2.45 bits per heavy atom. The lowest BCUT2D eigenvalue weighted by Crippen LogP contribution is -2.40. The van der Waals surface area contributed by atoms with Gasteiger partial charge in [-0.3, -0.25) is 4.79 Å². The molecule has 0 saturated carbocycles. The Morgan fingerprint density at radius 1 is 1.20 bits per heavy atom. The summed E-state index contributed by atoms with van der Waals surface area (Å²) in [6.07, 6.45) is 0. The fourth-order valence-electron chi connectivity index (χ4n) is 1.84. The van der Waals surface area contributed by atoms with Gasteiger partial charge in [-0.25, -0.2) is 4.79 Å². The van der Waals surface area contributed by atoms with Crippen LogP contribution in [0.4, 0.5) is 0 Å². The Balaban J connectivity index is 1.93. The van der Waals surface area contributed by atoms with Crippen LogP contribution in [0.15, 0.2) is 24.3 Å². The van der Waals surface area contributed by atoms with Crippen molar-refractivity contribution in [1.29, 1.82) is 0 Å². The number of methoxy groups -OCH3 is 1. The third-order valence-corrected chi connectivity index (χ3v) is 2.98. The van der Waals surface area contributed by atoms with Gasteiger partial charge in [0.05, 0.1) is 20.3 Å². The Morgan fingerprint density at radius 2 is 1.85 bits per heavy atom. The smallest absolute Gasteiger partial charge is 0.343 e. The molecular weight excluding hydrogens is 262 g/mol. The number of esters is 1. The molecule has 108 valence electrons. The van der Waals surface area contributed by atoms with E-state index in [2.05, 4.69) is 4.74 Å². The Bertz CT molecular complexity index is 465. The highest BCUT2D eigenvalue weighted by molar-refractivity contribution is 5.94. The molecule has 1 heterocycles. The molecule has 0 aromatic heterocycles. The summed E-state index contributed by atoms with van der Waals surface area (Å²) in [6, 6.07) is 6.70. The molecule has 6 heteroatoms. The number of hydrogen-bond donors (Lipinski definition) is 0. The average Bonchev–Trinajstić information content (AvgIpc) is 2.53. The minimum atomic E-state index is -0.446. The lowest BCUT2D eigenvalue weighted by atomic mass is 10.2. The lowest BCUT2D eigenvalue weighted by molar-refractivity contribution is -0.142. The van der Waals surface area contributed by atoms with E-state index in [-0.39, 0.29) is 12.5 Å². The molecule has 1 aliphatic rings. The van der Waals surface area contributed by atoms with Crippen LogP contribution in [0, 0.1) is 0 Å². The highest BCUT2D eigenvalue weighted by Gasteiger charge is 2.18. The number of hydrogen-bond acceptors (Lipinski definition) is 5. The maximum absolute atomic E-state index is 12.2. The van der Waals surface area contributed by atoms with Gasteiger partial charge in [0.1, 0.15) is 5.75 Å². The van der Waals surface area contributed by atoms with Gasteiger partial charge in [-0.1, -0.05) is 0 Å². The number of ether oxygens (including phenoxy) is 3. The summed E-state index contributed by atoms with van der Waals surface area (Å²) in [5.41, 5.74) is 0.595. The molecular formula is C14H17NO5. The number of benzene rings is 1. The van der Waals surface area contributed by atoms with Crippen LogP contribution in [-0.2, 0) is 14.3 Å². The maximum atomic E-state index is 12.2. The number of carbonyl (C=O) groups is 2. The third kappa shape index (κ3) is 3.71. The second-order valence-corrected chi connectivity index (χ2v) is 4.29. The predicted molar refractivity (Wildman–Crippen MR) is 70.7 cm³/mol. The second-order valence-electron chi connectivity index (χ2n) is 4.29. The van der Waals surface area contributed by atoms with Gasteiger partial charge in [-0.15, -0.1) is 0 Å². The van der Waals surface area contributed by atoms with Gasteiger partial charge in [0.2, 0.25) is 0 Å². The number of morpholine rings is 1. The van der Waals surface area contributed by atoms with Crippen molar-refractivity contribution in [3.63, 3.8) is 0 Å². The van der Waals surface area contributed by atoms with Crippen LogP contribution < -0.4 is 4.74 Å². The molecule has 2 rings (SSSR count). The topological polar surface area (TPSA) is 65.1 Å². The van der Waals surface area contributed by atoms with Crippen LogP contribution in [-0.4, -0.2) is 56.8 Å². The molecule has 0 unspecified atom stereocenters. The van der Waals surface area contributed by atoms with Gasteiger partial charge in [-0.05, 0) is 24.3 Å². The van der Waals surface area contributed by atoms with Crippen molar-refractivity contribution in [3.05, 3.63) is 29.8 Å². The molecule has 0 atom stereocenters. The van der Waals surface area contributed by atoms with Crippen molar-refractivity contribution in [2.24, 2.45) is 0 Å². The van der Waals surface area contributed by atoms with Crippen LogP contribution in [0.25, 0.3) is 0 Å². The quantitative estimate of drug-likeness (QED) is 0.759. The monoisotopic (exact) mass is 279 g/mol. The zero-order valence-electron chi connectivity index (χ0n) is 11.3. The standard InChI is InChI=1S/C14H17NO5/c1-18-13(16)10-20-12-4-2-11(3-5-12)14(17)15-6-8-19-9-7-15/h2-5H,6-10H2,1H3. The van der Waals surface area contributed by atoms with E-state index in [1.807, 2.05) is 0 Å². The van der Waals surface area contributed by atoms with E-state index in [0.717, 1.165) is 0 Å². The largest absolute Gasteiger partial charge is 0.482 e. The number of nitrogens with zero attached hydrogens (tertiary/aromatic N) is 1. The molecule has 20 heavy (non-hydrogen) atoms. The molecule has 1 saturated heterocycles. The van der Waals surface area contributed by atoms with Gasteiger partial charge in [-0.2, -0.15) is 0 Å². The molecule has 1 aliphatic heterocycles. The van der Waals surface area contributed by atoms with E-state index in [9.17, 15) is 9.59 Å². The summed E-state index contributed by atoms with van der Waals surface area (Å²) in [5, 5.41) is 0. The van der Waals surface area contributed by atoms with Gasteiger partial charge < -0.3 is 19.1 Å². The van der Waals surface area contributed by atoms with Gasteiger partial charge >= 0.3 is 5.97 Å². The van der Waals surface area contributed by atoms with Crippen LogP contribution in [0.5, 0.6) is 5.75 Å². The van der Waals surface area contributed by atoms with Crippen LogP contribution in [0.2, 0.25) is 0 Å². The molecule has 1 amide bonds. The van der Waals surface area contributed by atoms with E-state index in [1.165, 1.54) is 7.11 Å². The van der Waals surface area contributed by atoms with Crippen molar-refractivity contribution in [3.8, 4) is 5.75 Å². The summed E-state index contributed by atoms with van der Waals surface area (Å²) in [7, 11) is 1.30. The molecule has 6 nitrogen and oxygen atoms in total. The number of amides is 1. The van der Waals surface area contributed by atoms with Crippen LogP contribution in [0.1, 0.15) is 10.4 Å². The van der Waals surface area contributed by atoms with Crippen molar-refractivity contribution >= 4 is 11.9 Å². The first-order valence-corrected chi connectivity index (χ1v) is 6.37. The Kier molecular flexibility index (Phi) is 4.95. The minimum absolute atomic E-state index is 0.0205. The molecule has 0 N–H and O–H groups in total. The number of carbonyl (C=O) groups excluding carboxylic acids is 2. The van der Waals surface area contributed by atoms with Gasteiger partial charge in [0.15, 0.2) is 6.61 Å². The van der Waals surface area contributed by atoms with E-state index in [0.29, 0.717) is 37.6 Å². The zero-order chi connectivity index (χ0) is 14.4. The minimum Gasteiger partial charge on any atom is -0.482 e. The summed E-state index contributed by atoms with van der Waals surface area (Å²) in [6.45, 7) is 2.23. The van der Waals surface area contributed by atoms with Crippen molar-refractivity contribution in [1.82, 2.24) is 4.90 Å². The Labute approximate surface area is 117 Å². The zero-order valence-corrected chi connectivity index (χ0v) is 11.3. The molecule has 1 aromatic carbocycles. The first-order chi connectivity index (χ1) is 9.70. The van der Waals surface area contributed by atoms with Gasteiger partial charge in [0.25, 0.3) is 5.91 Å². The second kappa shape index (κ2) is 6.91. The lowest BCUT2D eigenvalue weighted by Gasteiger charge is -2.26. The van der Waals surface area contributed by atoms with Crippen LogP contribution >= 0.6 is 0 Å². The molecule has 1 aromatic rings. The highest BCUT2D eigenvalue weighted by atomic mass is 16.6. The molecule has 0 spiro atoms. The average molecular weight is 279 g/mol. The summed E-state index contributed by atoms with van der Waals surface area (Å²) < 4.78 is 14.9. The highest BCUT2D eigenvalue weighted by Crippen LogP contribution is 2.14. The van der Waals surface area contributed by atoms with Crippen molar-refractivity contribution in [2.45, 2.75) is 0 Å². The normalized spacial score (nSPS) is 14.8. The first-order valence-electron chi connectivity index (χ1n) is 6.37. The van der Waals surface area contributed by atoms with Gasteiger partial charge in [0, 0.05) is 18.7 Å². The van der Waals surface area contributed by atoms with Crippen molar-refractivity contribution in [2.75, 3.05) is 40.0 Å². The Hall–Kier alpha value is -2.08. The summed E-state index contributed by atoms with van der Waals surface area (Å²) >= 11 is 0.